The number of fused-ring (bicyclic) bond motifs is 1. The Balaban J connectivity index is 2.17. The van der Waals surface area contributed by atoms with Gasteiger partial charge >= 0.3 is 0 Å². The van der Waals surface area contributed by atoms with Crippen molar-refractivity contribution >= 4 is 10.9 Å². The van der Waals surface area contributed by atoms with Crippen LogP contribution in [0.1, 0.15) is 18.5 Å². The van der Waals surface area contributed by atoms with Gasteiger partial charge in [-0.05, 0) is 36.8 Å². The highest BCUT2D eigenvalue weighted by molar-refractivity contribution is 5.81. The van der Waals surface area contributed by atoms with E-state index < -0.39 is 0 Å². The van der Waals surface area contributed by atoms with Crippen LogP contribution in [0.2, 0.25) is 0 Å². The van der Waals surface area contributed by atoms with Crippen LogP contribution < -0.4 is 5.73 Å². The Morgan fingerprint density at radius 1 is 1.05 bits per heavy atom. The number of aromatic nitrogens is 1. The van der Waals surface area contributed by atoms with Crippen molar-refractivity contribution in [3.8, 4) is 11.3 Å². The highest BCUT2D eigenvalue weighted by atomic mass is 19.1. The molecule has 1 aromatic heterocycles. The lowest BCUT2D eigenvalue weighted by Gasteiger charge is -2.10. The maximum absolute atomic E-state index is 14.0. The smallest absolute Gasteiger partial charge is 0.132 e. The first-order valence-electron chi connectivity index (χ1n) is 6.56. The van der Waals surface area contributed by atoms with E-state index >= 15 is 0 Å². The molecule has 0 spiro atoms. The zero-order chi connectivity index (χ0) is 14.1. The maximum atomic E-state index is 14.0. The number of nitrogens with zero attached hydrogens (tertiary/aromatic N) is 1. The van der Waals surface area contributed by atoms with Crippen LogP contribution in [-0.4, -0.2) is 4.98 Å². The molecule has 1 heterocycles. The number of rotatable bonds is 2. The predicted octanol–water partition coefficient (Wildman–Crippen LogP) is 4.06. The van der Waals surface area contributed by atoms with Crippen LogP contribution in [0.5, 0.6) is 0 Å². The zero-order valence-corrected chi connectivity index (χ0v) is 11.2. The molecule has 0 saturated carbocycles. The Hall–Kier alpha value is -2.26. The summed E-state index contributed by atoms with van der Waals surface area (Å²) in [7, 11) is 0. The first-order valence-corrected chi connectivity index (χ1v) is 6.56. The topological polar surface area (TPSA) is 38.9 Å². The monoisotopic (exact) mass is 266 g/mol. The number of halogens is 1. The summed E-state index contributed by atoms with van der Waals surface area (Å²) in [5.41, 5.74) is 8.73. The van der Waals surface area contributed by atoms with Crippen molar-refractivity contribution in [2.24, 2.45) is 5.73 Å². The molecule has 0 aliphatic rings. The normalized spacial score (nSPS) is 12.6. The Morgan fingerprint density at radius 2 is 1.85 bits per heavy atom. The van der Waals surface area contributed by atoms with Gasteiger partial charge in [-0.25, -0.2) is 9.37 Å². The number of hydrogen-bond donors (Lipinski definition) is 1. The average molecular weight is 266 g/mol. The highest BCUT2D eigenvalue weighted by Gasteiger charge is 2.10. The zero-order valence-electron chi connectivity index (χ0n) is 11.2. The average Bonchev–Trinajstić information content (AvgIpc) is 2.47. The van der Waals surface area contributed by atoms with Gasteiger partial charge in [0.05, 0.1) is 11.2 Å². The predicted molar refractivity (Wildman–Crippen MR) is 79.7 cm³/mol. The van der Waals surface area contributed by atoms with Gasteiger partial charge in [-0.1, -0.05) is 30.3 Å². The Labute approximate surface area is 117 Å². The fourth-order valence-corrected chi connectivity index (χ4v) is 2.24. The van der Waals surface area contributed by atoms with E-state index in [0.29, 0.717) is 11.3 Å². The molecule has 3 rings (SSSR count). The molecule has 2 aromatic carbocycles. The third-order valence-corrected chi connectivity index (χ3v) is 3.39. The summed E-state index contributed by atoms with van der Waals surface area (Å²) in [6.07, 6.45) is 0. The fourth-order valence-electron chi connectivity index (χ4n) is 2.24. The molecule has 0 amide bonds. The third-order valence-electron chi connectivity index (χ3n) is 3.39. The van der Waals surface area contributed by atoms with Crippen LogP contribution in [0, 0.1) is 5.82 Å². The van der Waals surface area contributed by atoms with Gasteiger partial charge in [-0.3, -0.25) is 0 Å². The van der Waals surface area contributed by atoms with Crippen molar-refractivity contribution in [3.63, 3.8) is 0 Å². The number of pyridine rings is 1. The summed E-state index contributed by atoms with van der Waals surface area (Å²) >= 11 is 0. The fraction of sp³-hybridized carbons (Fsp3) is 0.118. The minimum atomic E-state index is -0.280. The standard InChI is InChI=1S/C17H15FN2/c1-11(19)13-6-8-15(18)14(10-13)17-9-7-12-4-2-3-5-16(12)20-17/h2-11H,19H2,1H3. The molecule has 3 heteroatoms. The first-order chi connectivity index (χ1) is 9.65. The van der Waals surface area contributed by atoms with E-state index in [4.69, 9.17) is 5.73 Å². The minimum Gasteiger partial charge on any atom is -0.324 e. The van der Waals surface area contributed by atoms with E-state index in [1.54, 1.807) is 12.1 Å². The van der Waals surface area contributed by atoms with Gasteiger partial charge in [0.1, 0.15) is 5.82 Å². The molecular weight excluding hydrogens is 251 g/mol. The number of nitrogens with two attached hydrogens (primary N) is 1. The van der Waals surface area contributed by atoms with Crippen LogP contribution in [0.3, 0.4) is 0 Å². The summed E-state index contributed by atoms with van der Waals surface area (Å²) in [4.78, 5) is 4.53. The SMILES string of the molecule is CC(N)c1ccc(F)c(-c2ccc3ccccc3n2)c1. The molecule has 0 bridgehead atoms. The van der Waals surface area contributed by atoms with E-state index in [-0.39, 0.29) is 11.9 Å². The number of hydrogen-bond acceptors (Lipinski definition) is 2. The largest absolute Gasteiger partial charge is 0.324 e. The first kappa shape index (κ1) is 12.8. The van der Waals surface area contributed by atoms with Crippen molar-refractivity contribution in [2.45, 2.75) is 13.0 Å². The van der Waals surface area contributed by atoms with Crippen molar-refractivity contribution < 1.29 is 4.39 Å². The van der Waals surface area contributed by atoms with Crippen LogP contribution in [0.15, 0.2) is 54.6 Å². The molecule has 20 heavy (non-hydrogen) atoms. The molecule has 3 aromatic rings. The Kier molecular flexibility index (Phi) is 3.20. The maximum Gasteiger partial charge on any atom is 0.132 e. The van der Waals surface area contributed by atoms with E-state index in [1.165, 1.54) is 6.07 Å². The van der Waals surface area contributed by atoms with Crippen molar-refractivity contribution in [1.29, 1.82) is 0 Å². The Morgan fingerprint density at radius 3 is 2.65 bits per heavy atom. The quantitative estimate of drug-likeness (QED) is 0.759. The molecule has 2 N–H and O–H groups in total. The van der Waals surface area contributed by atoms with Crippen LogP contribution >= 0.6 is 0 Å². The van der Waals surface area contributed by atoms with Gasteiger partial charge in [0.25, 0.3) is 0 Å². The summed E-state index contributed by atoms with van der Waals surface area (Å²) < 4.78 is 14.0. The lowest BCUT2D eigenvalue weighted by molar-refractivity contribution is 0.629. The van der Waals surface area contributed by atoms with E-state index in [9.17, 15) is 4.39 Å². The molecule has 1 atom stereocenters. The lowest BCUT2D eigenvalue weighted by atomic mass is 10.0. The molecule has 0 saturated heterocycles. The van der Waals surface area contributed by atoms with Gasteiger partial charge in [0, 0.05) is 17.0 Å². The third kappa shape index (κ3) is 2.28. The number of benzene rings is 2. The van der Waals surface area contributed by atoms with Crippen molar-refractivity contribution in [3.05, 3.63) is 66.0 Å². The second-order valence-electron chi connectivity index (χ2n) is 4.92. The minimum absolute atomic E-state index is 0.130. The molecule has 1 unspecified atom stereocenters. The van der Waals surface area contributed by atoms with E-state index in [2.05, 4.69) is 4.98 Å². The molecule has 2 nitrogen and oxygen atoms in total. The molecule has 0 aliphatic heterocycles. The molecule has 0 fully saturated rings. The van der Waals surface area contributed by atoms with Crippen LogP contribution in [-0.2, 0) is 0 Å². The molecular formula is C17H15FN2. The van der Waals surface area contributed by atoms with Crippen LogP contribution in [0.4, 0.5) is 4.39 Å². The van der Waals surface area contributed by atoms with Gasteiger partial charge < -0.3 is 5.73 Å². The van der Waals surface area contributed by atoms with Gasteiger partial charge in [-0.15, -0.1) is 0 Å². The summed E-state index contributed by atoms with van der Waals surface area (Å²) in [6, 6.07) is 16.4. The second-order valence-corrected chi connectivity index (χ2v) is 4.92. The summed E-state index contributed by atoms with van der Waals surface area (Å²) in [6.45, 7) is 1.88. The van der Waals surface area contributed by atoms with Crippen molar-refractivity contribution in [2.75, 3.05) is 0 Å². The van der Waals surface area contributed by atoms with Crippen LogP contribution in [0.25, 0.3) is 22.2 Å². The summed E-state index contributed by atoms with van der Waals surface area (Å²) in [5.74, 6) is -0.280. The van der Waals surface area contributed by atoms with E-state index in [1.807, 2.05) is 43.3 Å². The van der Waals surface area contributed by atoms with Gasteiger partial charge in [-0.2, -0.15) is 0 Å². The lowest BCUT2D eigenvalue weighted by Crippen LogP contribution is -2.05. The molecule has 0 aliphatic carbocycles. The van der Waals surface area contributed by atoms with Gasteiger partial charge in [0.2, 0.25) is 0 Å². The van der Waals surface area contributed by atoms with Crippen molar-refractivity contribution in [1.82, 2.24) is 4.98 Å². The summed E-state index contributed by atoms with van der Waals surface area (Å²) in [5, 5.41) is 1.04. The van der Waals surface area contributed by atoms with E-state index in [0.717, 1.165) is 16.5 Å². The number of para-hydroxylation sites is 1. The molecule has 0 radical (unpaired) electrons. The van der Waals surface area contributed by atoms with Gasteiger partial charge in [0.15, 0.2) is 0 Å². The molecule has 100 valence electrons. The Bertz CT molecular complexity index is 766. The highest BCUT2D eigenvalue weighted by Crippen LogP contribution is 2.26. The second kappa shape index (κ2) is 5.02.